The first-order chi connectivity index (χ1) is 17.3. The summed E-state index contributed by atoms with van der Waals surface area (Å²) in [6.45, 7) is 1.42. The second kappa shape index (κ2) is 10.3. The summed E-state index contributed by atoms with van der Waals surface area (Å²) < 4.78 is 8.40. The average molecular weight is 588 g/mol. The maximum atomic E-state index is 13.4. The van der Waals surface area contributed by atoms with Gasteiger partial charge >= 0.3 is 0 Å². The minimum absolute atomic E-state index is 0.0861. The Balaban J connectivity index is 1.44. The minimum Gasteiger partial charge on any atom is -0.376 e. The first-order valence-electron chi connectivity index (χ1n) is 11.6. The fourth-order valence-corrected chi connectivity index (χ4v) is 5.28. The van der Waals surface area contributed by atoms with Gasteiger partial charge in [0.25, 0.3) is 5.91 Å². The average Bonchev–Trinajstić information content (AvgIpc) is 3.54. The second-order valence-corrected chi connectivity index (χ2v) is 10.5. The Labute approximate surface area is 227 Å². The molecule has 0 unspecified atom stereocenters. The molecule has 1 atom stereocenters. The fraction of sp³-hybridized carbons (Fsp3) is 0.269. The number of likely N-dealkylation sites (N-methyl/N-ethyl adjacent to an activating group) is 1. The maximum Gasteiger partial charge on any atom is 0.281 e. The predicted molar refractivity (Wildman–Crippen MR) is 149 cm³/mol. The van der Waals surface area contributed by atoms with Crippen molar-refractivity contribution in [2.45, 2.75) is 25.5 Å². The molecule has 7 nitrogen and oxygen atoms in total. The molecular weight excluding hydrogens is 564 g/mol. The molecule has 2 aliphatic heterocycles. The van der Waals surface area contributed by atoms with E-state index in [1.54, 1.807) is 36.2 Å². The highest BCUT2D eigenvalue weighted by Gasteiger charge is 2.37. The number of rotatable bonds is 6. The summed E-state index contributed by atoms with van der Waals surface area (Å²) in [5.41, 5.74) is 2.80. The molecule has 2 aliphatic rings. The smallest absolute Gasteiger partial charge is 0.281 e. The van der Waals surface area contributed by atoms with Crippen LogP contribution >= 0.6 is 39.7 Å². The van der Waals surface area contributed by atoms with E-state index in [-0.39, 0.29) is 24.5 Å². The van der Waals surface area contributed by atoms with E-state index in [2.05, 4.69) is 21.2 Å². The number of amides is 2. The normalized spacial score (nSPS) is 19.2. The molecular formula is C26H24BrClN4O3S. The van der Waals surface area contributed by atoms with Gasteiger partial charge in [-0.2, -0.15) is 0 Å². The molecule has 0 aliphatic carbocycles. The van der Waals surface area contributed by atoms with E-state index < -0.39 is 0 Å². The number of nitrogens with one attached hydrogen (secondary N) is 1. The Hall–Kier alpha value is -2.72. The van der Waals surface area contributed by atoms with Gasteiger partial charge in [0.1, 0.15) is 12.2 Å². The van der Waals surface area contributed by atoms with Crippen molar-refractivity contribution < 1.29 is 14.3 Å². The van der Waals surface area contributed by atoms with Gasteiger partial charge in [0.15, 0.2) is 5.11 Å². The van der Waals surface area contributed by atoms with Gasteiger partial charge in [-0.05, 0) is 73.6 Å². The van der Waals surface area contributed by atoms with Gasteiger partial charge in [0, 0.05) is 52.4 Å². The van der Waals surface area contributed by atoms with Crippen LogP contribution in [0.2, 0.25) is 5.02 Å². The summed E-state index contributed by atoms with van der Waals surface area (Å²) in [4.78, 5) is 29.3. The summed E-state index contributed by atoms with van der Waals surface area (Å²) in [5.74, 6) is -0.316. The SMILES string of the molecule is CN1C(=S)N(c2ccc(Cl)cc2)C(=O)/C1=C/c1cn(CC(=O)NC[C@@H]2CCCO2)c2ccc(Br)cc12. The third kappa shape index (κ3) is 4.93. The molecule has 3 heterocycles. The molecule has 2 aromatic carbocycles. The van der Waals surface area contributed by atoms with Crippen LogP contribution in [0.15, 0.2) is 58.8 Å². The lowest BCUT2D eigenvalue weighted by molar-refractivity contribution is -0.122. The molecule has 5 rings (SSSR count). The zero-order valence-electron chi connectivity index (χ0n) is 19.5. The summed E-state index contributed by atoms with van der Waals surface area (Å²) >= 11 is 15.1. The number of carbonyl (C=O) groups is 2. The molecule has 2 fully saturated rings. The van der Waals surface area contributed by atoms with Gasteiger partial charge < -0.3 is 19.5 Å². The number of nitrogens with zero attached hydrogens (tertiary/aromatic N) is 3. The summed E-state index contributed by atoms with van der Waals surface area (Å²) in [7, 11) is 1.77. The molecule has 186 valence electrons. The van der Waals surface area contributed by atoms with E-state index in [1.807, 2.05) is 35.0 Å². The molecule has 3 aromatic rings. The lowest BCUT2D eigenvalue weighted by Crippen LogP contribution is -2.34. The zero-order chi connectivity index (χ0) is 25.4. The molecule has 1 N–H and O–H groups in total. The number of hydrogen-bond acceptors (Lipinski definition) is 4. The number of aromatic nitrogens is 1. The van der Waals surface area contributed by atoms with Crippen LogP contribution in [0.3, 0.4) is 0 Å². The first-order valence-corrected chi connectivity index (χ1v) is 13.2. The number of halogens is 2. The highest BCUT2D eigenvalue weighted by molar-refractivity contribution is 9.10. The van der Waals surface area contributed by atoms with Crippen molar-refractivity contribution >= 4 is 79.3 Å². The van der Waals surface area contributed by atoms with E-state index in [9.17, 15) is 9.59 Å². The topological polar surface area (TPSA) is 66.8 Å². The number of hydrogen-bond donors (Lipinski definition) is 1. The van der Waals surface area contributed by atoms with Crippen LogP contribution in [-0.2, 0) is 20.9 Å². The van der Waals surface area contributed by atoms with Gasteiger partial charge in [-0.15, -0.1) is 0 Å². The van der Waals surface area contributed by atoms with Crippen molar-refractivity contribution in [3.63, 3.8) is 0 Å². The molecule has 10 heteroatoms. The van der Waals surface area contributed by atoms with E-state index in [0.717, 1.165) is 40.4 Å². The Bertz CT molecular complexity index is 1380. The van der Waals surface area contributed by atoms with Gasteiger partial charge in [-0.3, -0.25) is 14.5 Å². The lowest BCUT2D eigenvalue weighted by atomic mass is 10.1. The van der Waals surface area contributed by atoms with E-state index in [0.29, 0.717) is 28.1 Å². The number of thiocarbonyl (C=S) groups is 1. The van der Waals surface area contributed by atoms with E-state index in [1.165, 1.54) is 4.90 Å². The van der Waals surface area contributed by atoms with Gasteiger partial charge in [0.05, 0.1) is 11.8 Å². The van der Waals surface area contributed by atoms with Crippen LogP contribution in [0.5, 0.6) is 0 Å². The standard InChI is InChI=1S/C26H24BrClN4O3S/c1-30-23(25(34)32(26(30)36)19-7-5-18(28)6-8-19)11-16-14-31(22-9-4-17(27)12-21(16)22)15-24(33)29-13-20-3-2-10-35-20/h4-9,11-12,14,20H,2-3,10,13,15H2,1H3,(H,29,33)/b23-11-/t20-/m0/s1. The highest BCUT2D eigenvalue weighted by atomic mass is 79.9. The molecule has 36 heavy (non-hydrogen) atoms. The molecule has 2 amide bonds. The van der Waals surface area contributed by atoms with Gasteiger partial charge in [-0.1, -0.05) is 27.5 Å². The summed E-state index contributed by atoms with van der Waals surface area (Å²) in [5, 5.41) is 4.86. The van der Waals surface area contributed by atoms with Crippen LogP contribution in [0, 0.1) is 0 Å². The lowest BCUT2D eigenvalue weighted by Gasteiger charge is -2.16. The Morgan fingerprint density at radius 1 is 1.28 bits per heavy atom. The zero-order valence-corrected chi connectivity index (χ0v) is 22.7. The van der Waals surface area contributed by atoms with Gasteiger partial charge in [-0.25, -0.2) is 0 Å². The largest absolute Gasteiger partial charge is 0.376 e. The van der Waals surface area contributed by atoms with Crippen LogP contribution in [0.4, 0.5) is 5.69 Å². The predicted octanol–water partition coefficient (Wildman–Crippen LogP) is 4.96. The van der Waals surface area contributed by atoms with Crippen molar-refractivity contribution in [3.8, 4) is 0 Å². The van der Waals surface area contributed by atoms with Crippen molar-refractivity contribution in [1.82, 2.24) is 14.8 Å². The molecule has 2 saturated heterocycles. The van der Waals surface area contributed by atoms with Crippen molar-refractivity contribution in [1.29, 1.82) is 0 Å². The monoisotopic (exact) mass is 586 g/mol. The Kier molecular flexibility index (Phi) is 7.16. The number of carbonyl (C=O) groups excluding carboxylic acids is 2. The van der Waals surface area contributed by atoms with Crippen LogP contribution in [0.1, 0.15) is 18.4 Å². The van der Waals surface area contributed by atoms with E-state index in [4.69, 9.17) is 28.6 Å². The third-order valence-electron chi connectivity index (χ3n) is 6.38. The quantitative estimate of drug-likeness (QED) is 0.326. The van der Waals surface area contributed by atoms with Crippen molar-refractivity contribution in [2.75, 3.05) is 25.1 Å². The second-order valence-electron chi connectivity index (χ2n) is 8.80. The number of anilines is 1. The molecule has 1 aromatic heterocycles. The van der Waals surface area contributed by atoms with Crippen LogP contribution in [-0.4, -0.2) is 52.7 Å². The van der Waals surface area contributed by atoms with E-state index >= 15 is 0 Å². The number of benzene rings is 2. The summed E-state index contributed by atoms with van der Waals surface area (Å²) in [6, 6.07) is 12.9. The molecule has 0 radical (unpaired) electrons. The van der Waals surface area contributed by atoms with Crippen LogP contribution in [0.25, 0.3) is 17.0 Å². The third-order valence-corrected chi connectivity index (χ3v) is 7.58. The molecule has 0 bridgehead atoms. The van der Waals surface area contributed by atoms with Crippen LogP contribution < -0.4 is 10.2 Å². The maximum absolute atomic E-state index is 13.4. The Morgan fingerprint density at radius 3 is 2.78 bits per heavy atom. The molecule has 0 spiro atoms. The molecule has 0 saturated carbocycles. The van der Waals surface area contributed by atoms with Crippen molar-refractivity contribution in [3.05, 3.63) is 69.4 Å². The highest BCUT2D eigenvalue weighted by Crippen LogP contribution is 2.32. The summed E-state index contributed by atoms with van der Waals surface area (Å²) in [6.07, 6.45) is 5.80. The fourth-order valence-electron chi connectivity index (χ4n) is 4.51. The van der Waals surface area contributed by atoms with Crippen molar-refractivity contribution in [2.24, 2.45) is 0 Å². The Morgan fingerprint density at radius 2 is 2.06 bits per heavy atom. The number of ether oxygens (including phenoxy) is 1. The first kappa shape index (κ1) is 25.0. The number of fused-ring (bicyclic) bond motifs is 1. The van der Waals surface area contributed by atoms with Gasteiger partial charge in [0.2, 0.25) is 5.91 Å². The minimum atomic E-state index is -0.227.